The lowest BCUT2D eigenvalue weighted by atomic mass is 9.72. The number of nitrogens with zero attached hydrogens (tertiary/aromatic N) is 4. The van der Waals surface area contributed by atoms with E-state index in [4.69, 9.17) is 9.47 Å². The molecule has 2 saturated heterocycles. The van der Waals surface area contributed by atoms with Crippen LogP contribution >= 0.6 is 0 Å². The van der Waals surface area contributed by atoms with Crippen LogP contribution in [0.15, 0.2) is 157 Å². The highest BCUT2D eigenvalue weighted by Crippen LogP contribution is 2.37. The Morgan fingerprint density at radius 2 is 0.859 bits per heavy atom. The summed E-state index contributed by atoms with van der Waals surface area (Å²) >= 11 is 0. The number of nitrogens with one attached hydrogen (secondary N) is 2. The van der Waals surface area contributed by atoms with Crippen LogP contribution in [0.2, 0.25) is 0 Å². The van der Waals surface area contributed by atoms with Gasteiger partial charge in [-0.1, -0.05) is 121 Å². The predicted molar refractivity (Wildman–Crippen MR) is 278 cm³/mol. The number of ether oxygens (including phenoxy) is 2. The van der Waals surface area contributed by atoms with Gasteiger partial charge in [-0.05, 0) is 54.9 Å². The zero-order valence-corrected chi connectivity index (χ0v) is 41.5. The summed E-state index contributed by atoms with van der Waals surface area (Å²) in [4.78, 5) is 64.4. The smallest absolute Gasteiger partial charge is 0.175 e. The van der Waals surface area contributed by atoms with Crippen LogP contribution in [0.25, 0.3) is 0 Å². The summed E-state index contributed by atoms with van der Waals surface area (Å²) in [7, 11) is 0. The summed E-state index contributed by atoms with van der Waals surface area (Å²) < 4.78 is 11.9. The normalized spacial score (nSPS) is 23.3. The van der Waals surface area contributed by atoms with Gasteiger partial charge in [-0.25, -0.2) is 0 Å². The minimum Gasteiger partial charge on any atom is -0.496 e. The summed E-state index contributed by atoms with van der Waals surface area (Å²) in [5.74, 6) is -0.653. The Kier molecular flexibility index (Phi) is 19.0. The quantitative estimate of drug-likeness (QED) is 0.0391. The Morgan fingerprint density at radius 3 is 1.27 bits per heavy atom. The number of piperazine rings is 2. The third-order valence-corrected chi connectivity index (χ3v) is 14.6. The molecule has 4 aromatic carbocycles. The van der Waals surface area contributed by atoms with Crippen LogP contribution in [0.5, 0.6) is 0 Å². The first-order chi connectivity index (χ1) is 34.8. The average Bonchev–Trinajstić information content (AvgIpc) is 3.40. The molecular weight excluding hydrogens is 889 g/mol. The second kappa shape index (κ2) is 26.3. The molecule has 0 amide bonds. The van der Waals surface area contributed by atoms with E-state index in [1.165, 1.54) is 0 Å². The number of benzene rings is 4. The molecule has 4 aromatic rings. The molecule has 0 radical (unpaired) electrons. The van der Waals surface area contributed by atoms with Crippen molar-refractivity contribution in [1.29, 1.82) is 0 Å². The van der Waals surface area contributed by atoms with Crippen molar-refractivity contribution in [2.45, 2.75) is 44.4 Å². The van der Waals surface area contributed by atoms with E-state index in [1.54, 1.807) is 18.7 Å². The topological polar surface area (TPSA) is 124 Å². The van der Waals surface area contributed by atoms with Gasteiger partial charge in [0, 0.05) is 128 Å². The van der Waals surface area contributed by atoms with E-state index in [1.807, 2.05) is 104 Å². The molecule has 0 aromatic heterocycles. The van der Waals surface area contributed by atoms with Crippen molar-refractivity contribution in [3.8, 4) is 0 Å². The Hall–Kier alpha value is -6.18. The fraction of sp³-hybridized carbons (Fsp3) is 0.424. The third-order valence-electron chi connectivity index (χ3n) is 14.6. The van der Waals surface area contributed by atoms with Gasteiger partial charge in [0.15, 0.2) is 23.1 Å². The maximum Gasteiger partial charge on any atom is 0.175 e. The molecule has 8 rings (SSSR count). The minimum absolute atomic E-state index is 0.0601. The lowest BCUT2D eigenvalue weighted by Crippen LogP contribution is -2.48. The standard InChI is InChI=1S/C59H72N6O6/c1-45(71-37-35-65-32-28-63(29-33-65)25-23-61-43-55-57(67)51(39-47-16-8-3-9-17-47)41-53(59(55)69)49-20-12-5-13-21-49)44-70-36-34-64-30-26-62(27-31-64)24-22-60-42-54-56(66)50(38-46-14-6-2-7-15-46)40-52(58(54)68)48-18-10-4-11-19-48/h2-21,42-44,50-53,60-61H,22-41H2,1H3/b45-44+,54-42-,55-43+/t50-,51-,52-,53-/m0/s1. The van der Waals surface area contributed by atoms with Gasteiger partial charge in [0.1, 0.15) is 25.2 Å². The van der Waals surface area contributed by atoms with Crippen molar-refractivity contribution in [1.82, 2.24) is 30.2 Å². The first-order valence-corrected chi connectivity index (χ1v) is 25.8. The molecule has 2 aliphatic heterocycles. The highest BCUT2D eigenvalue weighted by Gasteiger charge is 2.41. The second-order valence-electron chi connectivity index (χ2n) is 19.5. The van der Waals surface area contributed by atoms with E-state index >= 15 is 0 Å². The average molecular weight is 961 g/mol. The highest BCUT2D eigenvalue weighted by atomic mass is 16.5. The maximum absolute atomic E-state index is 13.7. The zero-order valence-electron chi connectivity index (χ0n) is 41.5. The largest absolute Gasteiger partial charge is 0.496 e. The molecular formula is C59H72N6O6. The van der Waals surface area contributed by atoms with Crippen molar-refractivity contribution in [2.24, 2.45) is 11.8 Å². The molecule has 374 valence electrons. The van der Waals surface area contributed by atoms with E-state index in [9.17, 15) is 19.2 Å². The van der Waals surface area contributed by atoms with Gasteiger partial charge in [0.25, 0.3) is 0 Å². The van der Waals surface area contributed by atoms with Crippen LogP contribution in [0.4, 0.5) is 0 Å². The van der Waals surface area contributed by atoms with Crippen LogP contribution in [-0.4, -0.2) is 148 Å². The number of carbonyl (C=O) groups excluding carboxylic acids is 4. The summed E-state index contributed by atoms with van der Waals surface area (Å²) in [6, 6.07) is 39.9. The van der Waals surface area contributed by atoms with Crippen molar-refractivity contribution in [3.63, 3.8) is 0 Å². The van der Waals surface area contributed by atoms with Gasteiger partial charge in [0.2, 0.25) is 0 Å². The third kappa shape index (κ3) is 14.7. The monoisotopic (exact) mass is 961 g/mol. The number of rotatable bonds is 22. The zero-order chi connectivity index (χ0) is 49.2. The van der Waals surface area contributed by atoms with Crippen molar-refractivity contribution in [2.75, 3.05) is 105 Å². The van der Waals surface area contributed by atoms with Crippen molar-refractivity contribution in [3.05, 3.63) is 179 Å². The predicted octanol–water partition coefficient (Wildman–Crippen LogP) is 6.43. The lowest BCUT2D eigenvalue weighted by molar-refractivity contribution is -0.129. The van der Waals surface area contributed by atoms with Crippen LogP contribution in [-0.2, 0) is 41.5 Å². The van der Waals surface area contributed by atoms with Crippen LogP contribution in [0.1, 0.15) is 53.9 Å². The summed E-state index contributed by atoms with van der Waals surface area (Å²) in [6.45, 7) is 15.4. The Balaban J connectivity index is 0.677. The fourth-order valence-corrected chi connectivity index (χ4v) is 10.4. The van der Waals surface area contributed by atoms with E-state index < -0.39 is 0 Å². The first kappa shape index (κ1) is 51.2. The van der Waals surface area contributed by atoms with E-state index in [-0.39, 0.29) is 58.0 Å². The molecule has 0 unspecified atom stereocenters. The summed E-state index contributed by atoms with van der Waals surface area (Å²) in [5.41, 5.74) is 4.73. The van der Waals surface area contributed by atoms with Gasteiger partial charge in [-0.3, -0.25) is 38.8 Å². The molecule has 2 N–H and O–H groups in total. The minimum atomic E-state index is -0.322. The number of ketones is 4. The summed E-state index contributed by atoms with van der Waals surface area (Å²) in [6.07, 6.45) is 7.40. The molecule has 0 spiro atoms. The molecule has 2 aliphatic carbocycles. The van der Waals surface area contributed by atoms with E-state index in [0.717, 1.165) is 107 Å². The molecule has 2 saturated carbocycles. The number of hydrogen-bond donors (Lipinski definition) is 2. The molecule has 0 bridgehead atoms. The first-order valence-electron chi connectivity index (χ1n) is 25.8. The SMILES string of the molecule is C/C(=C\OCCN1CCN(CCN/C=C2/C(=O)[C@@H](Cc3ccccc3)C[C@@H](c3ccccc3)C2=O)CC1)OCCN1CCN(CCN/C=C2\C(=O)[C@@H](Cc3ccccc3)C[C@@H](c3ccccc3)C2=O)CC1. The van der Waals surface area contributed by atoms with Gasteiger partial charge >= 0.3 is 0 Å². The van der Waals surface area contributed by atoms with Crippen LogP contribution < -0.4 is 10.6 Å². The molecule has 2 heterocycles. The molecule has 4 aliphatic rings. The second-order valence-corrected chi connectivity index (χ2v) is 19.5. The fourth-order valence-electron chi connectivity index (χ4n) is 10.4. The number of hydrogen-bond acceptors (Lipinski definition) is 12. The van der Waals surface area contributed by atoms with Gasteiger partial charge < -0.3 is 20.1 Å². The Labute approximate surface area is 420 Å². The molecule has 71 heavy (non-hydrogen) atoms. The number of carbonyl (C=O) groups is 4. The number of allylic oxidation sites excluding steroid dienone is 3. The van der Waals surface area contributed by atoms with E-state index in [0.29, 0.717) is 52.0 Å². The van der Waals surface area contributed by atoms with Crippen molar-refractivity contribution >= 4 is 23.1 Å². The van der Waals surface area contributed by atoms with Crippen LogP contribution in [0, 0.1) is 11.8 Å². The van der Waals surface area contributed by atoms with Crippen LogP contribution in [0.3, 0.4) is 0 Å². The van der Waals surface area contributed by atoms with E-state index in [2.05, 4.69) is 54.5 Å². The van der Waals surface area contributed by atoms with Gasteiger partial charge in [-0.15, -0.1) is 0 Å². The Morgan fingerprint density at radius 1 is 0.493 bits per heavy atom. The summed E-state index contributed by atoms with van der Waals surface area (Å²) in [5, 5.41) is 6.65. The van der Waals surface area contributed by atoms with Gasteiger partial charge in [0.05, 0.1) is 11.1 Å². The molecule has 12 heteroatoms. The maximum atomic E-state index is 13.7. The lowest BCUT2D eigenvalue weighted by Gasteiger charge is -2.34. The molecule has 4 fully saturated rings. The Bertz CT molecular complexity index is 2430. The highest BCUT2D eigenvalue weighted by molar-refractivity contribution is 6.25. The van der Waals surface area contributed by atoms with Crippen molar-refractivity contribution < 1.29 is 28.7 Å². The van der Waals surface area contributed by atoms with Gasteiger partial charge in [-0.2, -0.15) is 0 Å². The molecule has 4 atom stereocenters. The molecule has 12 nitrogen and oxygen atoms in total. The number of Topliss-reactive ketones (excluding diaryl/α,β-unsaturated/α-hetero) is 4.